The number of guanidine groups is 1. The smallest absolute Gasteiger partial charge is 0.191 e. The number of hydrogen-bond acceptors (Lipinski definition) is 4. The Kier molecular flexibility index (Phi) is 13.4. The Balaban J connectivity index is 0.00000529. The third-order valence-corrected chi connectivity index (χ3v) is 3.12. The van der Waals surface area contributed by atoms with Crippen LogP contribution in [0.3, 0.4) is 0 Å². The van der Waals surface area contributed by atoms with Crippen molar-refractivity contribution in [1.29, 1.82) is 0 Å². The monoisotopic (exact) mass is 451 g/mol. The summed E-state index contributed by atoms with van der Waals surface area (Å²) in [6, 6.07) is 5.94. The maximum atomic E-state index is 5.66. The lowest BCUT2D eigenvalue weighted by molar-refractivity contribution is 0.152. The van der Waals surface area contributed by atoms with Gasteiger partial charge in [-0.3, -0.25) is 4.99 Å². The maximum absolute atomic E-state index is 5.66. The van der Waals surface area contributed by atoms with Crippen molar-refractivity contribution in [2.24, 2.45) is 4.99 Å². The second kappa shape index (κ2) is 14.2. The Morgan fingerprint density at radius 1 is 1.12 bits per heavy atom. The lowest BCUT2D eigenvalue weighted by Gasteiger charge is -2.14. The molecule has 0 amide bonds. The van der Waals surface area contributed by atoms with E-state index in [0.717, 1.165) is 42.6 Å². The van der Waals surface area contributed by atoms with E-state index in [0.29, 0.717) is 19.8 Å². The molecule has 0 aromatic heterocycles. The van der Waals surface area contributed by atoms with Crippen molar-refractivity contribution in [2.45, 2.75) is 26.8 Å². The Bertz CT molecular complexity index is 484. The molecule has 0 fully saturated rings. The SMILES string of the molecule is CCCOc1ccc(CNC(=NC)NCCOCC)cc1OC.I. The highest BCUT2D eigenvalue weighted by atomic mass is 127. The van der Waals surface area contributed by atoms with Crippen LogP contribution in [-0.2, 0) is 11.3 Å². The van der Waals surface area contributed by atoms with Crippen LogP contribution in [0.2, 0.25) is 0 Å². The normalized spacial score (nSPS) is 10.8. The molecule has 1 aromatic carbocycles. The summed E-state index contributed by atoms with van der Waals surface area (Å²) in [5.41, 5.74) is 1.10. The zero-order valence-electron chi connectivity index (χ0n) is 15.1. The van der Waals surface area contributed by atoms with Crippen LogP contribution in [0.15, 0.2) is 23.2 Å². The van der Waals surface area contributed by atoms with E-state index in [1.54, 1.807) is 14.2 Å². The summed E-state index contributed by atoms with van der Waals surface area (Å²) in [5.74, 6) is 2.27. The highest BCUT2D eigenvalue weighted by Crippen LogP contribution is 2.28. The molecular weight excluding hydrogens is 421 g/mol. The van der Waals surface area contributed by atoms with Gasteiger partial charge in [-0.2, -0.15) is 0 Å². The molecule has 0 unspecified atom stereocenters. The number of nitrogens with zero attached hydrogens (tertiary/aromatic N) is 1. The summed E-state index contributed by atoms with van der Waals surface area (Å²) in [4.78, 5) is 4.18. The van der Waals surface area contributed by atoms with Crippen LogP contribution >= 0.6 is 24.0 Å². The van der Waals surface area contributed by atoms with Crippen LogP contribution in [0, 0.1) is 0 Å². The highest BCUT2D eigenvalue weighted by molar-refractivity contribution is 14.0. The van der Waals surface area contributed by atoms with Crippen LogP contribution < -0.4 is 20.1 Å². The predicted octanol–water partition coefficient (Wildman–Crippen LogP) is 2.80. The minimum absolute atomic E-state index is 0. The zero-order valence-corrected chi connectivity index (χ0v) is 17.4. The lowest BCUT2D eigenvalue weighted by atomic mass is 10.2. The Hall–Kier alpha value is -1.22. The van der Waals surface area contributed by atoms with E-state index < -0.39 is 0 Å². The average Bonchev–Trinajstić information content (AvgIpc) is 2.59. The lowest BCUT2D eigenvalue weighted by Crippen LogP contribution is -2.38. The van der Waals surface area contributed by atoms with Gasteiger partial charge in [0.25, 0.3) is 0 Å². The van der Waals surface area contributed by atoms with Gasteiger partial charge in [0, 0.05) is 26.7 Å². The Labute approximate surface area is 162 Å². The van der Waals surface area contributed by atoms with Crippen LogP contribution in [0.1, 0.15) is 25.8 Å². The second-order valence-corrected chi connectivity index (χ2v) is 4.88. The summed E-state index contributed by atoms with van der Waals surface area (Å²) < 4.78 is 16.3. The average molecular weight is 451 g/mol. The molecule has 6 nitrogen and oxygen atoms in total. The van der Waals surface area contributed by atoms with Gasteiger partial charge in [0.15, 0.2) is 17.5 Å². The molecule has 7 heteroatoms. The Morgan fingerprint density at radius 2 is 1.92 bits per heavy atom. The van der Waals surface area contributed by atoms with Crippen molar-refractivity contribution in [1.82, 2.24) is 10.6 Å². The van der Waals surface area contributed by atoms with Crippen molar-refractivity contribution >= 4 is 29.9 Å². The van der Waals surface area contributed by atoms with E-state index in [9.17, 15) is 0 Å². The quantitative estimate of drug-likeness (QED) is 0.248. The van der Waals surface area contributed by atoms with Crippen molar-refractivity contribution in [2.75, 3.05) is 40.5 Å². The van der Waals surface area contributed by atoms with Crippen LogP contribution in [0.4, 0.5) is 0 Å². The molecule has 2 N–H and O–H groups in total. The zero-order chi connectivity index (χ0) is 16.9. The first-order chi connectivity index (χ1) is 11.2. The molecule has 0 aliphatic rings. The molecule has 24 heavy (non-hydrogen) atoms. The molecule has 0 atom stereocenters. The molecule has 0 saturated carbocycles. The largest absolute Gasteiger partial charge is 0.493 e. The highest BCUT2D eigenvalue weighted by Gasteiger charge is 2.06. The van der Waals surface area contributed by atoms with Crippen molar-refractivity contribution in [3.05, 3.63) is 23.8 Å². The third kappa shape index (κ3) is 8.58. The summed E-state index contributed by atoms with van der Waals surface area (Å²) in [7, 11) is 3.40. The van der Waals surface area contributed by atoms with Gasteiger partial charge in [-0.25, -0.2) is 0 Å². The first kappa shape index (κ1) is 22.8. The van der Waals surface area contributed by atoms with Crippen LogP contribution in [0.25, 0.3) is 0 Å². The Morgan fingerprint density at radius 3 is 2.54 bits per heavy atom. The number of benzene rings is 1. The van der Waals surface area contributed by atoms with Crippen molar-refractivity contribution < 1.29 is 14.2 Å². The third-order valence-electron chi connectivity index (χ3n) is 3.12. The first-order valence-corrected chi connectivity index (χ1v) is 8.07. The number of aliphatic imine (C=N–C) groups is 1. The van der Waals surface area contributed by atoms with Gasteiger partial charge >= 0.3 is 0 Å². The summed E-state index contributed by atoms with van der Waals surface area (Å²) in [6.07, 6.45) is 0.968. The number of nitrogens with one attached hydrogen (secondary N) is 2. The van der Waals surface area contributed by atoms with Gasteiger partial charge in [-0.05, 0) is 31.0 Å². The van der Waals surface area contributed by atoms with E-state index in [4.69, 9.17) is 14.2 Å². The molecule has 0 spiro atoms. The minimum atomic E-state index is 0. The fraction of sp³-hybridized carbons (Fsp3) is 0.588. The van der Waals surface area contributed by atoms with Gasteiger partial charge in [-0.15, -0.1) is 24.0 Å². The van der Waals surface area contributed by atoms with Gasteiger partial charge in [-0.1, -0.05) is 13.0 Å². The van der Waals surface area contributed by atoms with E-state index in [2.05, 4.69) is 22.5 Å². The molecular formula is C17H30IN3O3. The van der Waals surface area contributed by atoms with Gasteiger partial charge in [0.05, 0.1) is 20.3 Å². The molecule has 0 saturated heterocycles. The van der Waals surface area contributed by atoms with Gasteiger partial charge in [0.1, 0.15) is 0 Å². The van der Waals surface area contributed by atoms with Crippen molar-refractivity contribution in [3.63, 3.8) is 0 Å². The van der Waals surface area contributed by atoms with E-state index in [1.807, 2.05) is 25.1 Å². The van der Waals surface area contributed by atoms with E-state index in [1.165, 1.54) is 0 Å². The van der Waals surface area contributed by atoms with Crippen LogP contribution in [0.5, 0.6) is 11.5 Å². The summed E-state index contributed by atoms with van der Waals surface area (Å²) in [6.45, 7) is 7.50. The first-order valence-electron chi connectivity index (χ1n) is 8.07. The fourth-order valence-electron chi connectivity index (χ4n) is 1.95. The van der Waals surface area contributed by atoms with Gasteiger partial charge < -0.3 is 24.8 Å². The molecule has 0 aliphatic carbocycles. The molecule has 1 rings (SSSR count). The standard InChI is InChI=1S/C17H29N3O3.HI/c1-5-10-23-15-8-7-14(12-16(15)21-4)13-20-17(18-3)19-9-11-22-6-2;/h7-8,12H,5-6,9-11,13H2,1-4H3,(H2,18,19,20);1H. The van der Waals surface area contributed by atoms with Crippen LogP contribution in [-0.4, -0.2) is 46.5 Å². The molecule has 0 bridgehead atoms. The topological polar surface area (TPSA) is 64.1 Å². The number of rotatable bonds is 10. The molecule has 0 aliphatic heterocycles. The molecule has 0 radical (unpaired) electrons. The minimum Gasteiger partial charge on any atom is -0.493 e. The predicted molar refractivity (Wildman–Crippen MR) is 109 cm³/mol. The molecule has 0 heterocycles. The molecule has 1 aromatic rings. The number of methoxy groups -OCH3 is 1. The second-order valence-electron chi connectivity index (χ2n) is 4.88. The van der Waals surface area contributed by atoms with Gasteiger partial charge in [0.2, 0.25) is 0 Å². The summed E-state index contributed by atoms with van der Waals surface area (Å²) in [5, 5.41) is 6.46. The maximum Gasteiger partial charge on any atom is 0.191 e. The number of halogens is 1. The van der Waals surface area contributed by atoms with E-state index in [-0.39, 0.29) is 24.0 Å². The number of hydrogen-bond donors (Lipinski definition) is 2. The summed E-state index contributed by atoms with van der Waals surface area (Å²) >= 11 is 0. The molecule has 138 valence electrons. The fourth-order valence-corrected chi connectivity index (χ4v) is 1.95. The van der Waals surface area contributed by atoms with Crippen molar-refractivity contribution in [3.8, 4) is 11.5 Å². The number of ether oxygens (including phenoxy) is 3. The van der Waals surface area contributed by atoms with E-state index >= 15 is 0 Å².